The number of pyridine rings is 1. The van der Waals surface area contributed by atoms with Gasteiger partial charge in [-0.2, -0.15) is 4.72 Å². The molecule has 0 aliphatic carbocycles. The maximum atomic E-state index is 13.7. The third-order valence-electron chi connectivity index (χ3n) is 6.12. The summed E-state index contributed by atoms with van der Waals surface area (Å²) in [6.45, 7) is 1.74. The second kappa shape index (κ2) is 9.48. The Bertz CT molecular complexity index is 1470. The Hall–Kier alpha value is -2.84. The van der Waals surface area contributed by atoms with E-state index in [2.05, 4.69) is 31.1 Å². The predicted octanol–water partition coefficient (Wildman–Crippen LogP) is 1.90. The molecule has 198 valence electrons. The highest BCUT2D eigenvalue weighted by atomic mass is 32.2. The standard InChI is InChI=1S/C21H21F4N7O3S2/c1-3-12-7-31(6-11(2)27-12)14-4-13(37(33,34)30-21(20(24)25)9-35-10-21)8-32-15(14)5-26-17(32)19-29-28-18(36-19)16(22)23/h1,4-5,8,11-12,16,20,27,30H,6-7,9-10H2,2H3/t11-,12-/m0/s1. The van der Waals surface area contributed by atoms with Gasteiger partial charge in [0.2, 0.25) is 10.0 Å². The van der Waals surface area contributed by atoms with E-state index in [1.165, 1.54) is 22.9 Å². The van der Waals surface area contributed by atoms with E-state index in [-0.39, 0.29) is 27.8 Å². The minimum absolute atomic E-state index is 0.0374. The van der Waals surface area contributed by atoms with Gasteiger partial charge in [-0.25, -0.2) is 31.0 Å². The highest BCUT2D eigenvalue weighted by Gasteiger charge is 2.50. The van der Waals surface area contributed by atoms with Crippen molar-refractivity contribution < 1.29 is 30.7 Å². The Morgan fingerprint density at radius 3 is 2.65 bits per heavy atom. The molecule has 37 heavy (non-hydrogen) atoms. The molecule has 5 heterocycles. The van der Waals surface area contributed by atoms with Crippen molar-refractivity contribution in [2.75, 3.05) is 31.2 Å². The highest BCUT2D eigenvalue weighted by molar-refractivity contribution is 7.89. The van der Waals surface area contributed by atoms with Crippen LogP contribution in [0.5, 0.6) is 0 Å². The molecule has 2 N–H and O–H groups in total. The van der Waals surface area contributed by atoms with Crippen LogP contribution in [0.1, 0.15) is 18.4 Å². The van der Waals surface area contributed by atoms with E-state index in [1.54, 1.807) is 0 Å². The molecule has 0 unspecified atom stereocenters. The van der Waals surface area contributed by atoms with Crippen molar-refractivity contribution in [1.82, 2.24) is 29.6 Å². The molecule has 2 atom stereocenters. The average Bonchev–Trinajstić information content (AvgIpc) is 3.47. The lowest BCUT2D eigenvalue weighted by molar-refractivity contribution is -0.134. The molecule has 2 aliphatic rings. The third-order valence-corrected chi connectivity index (χ3v) is 8.57. The van der Waals surface area contributed by atoms with Crippen LogP contribution in [0.3, 0.4) is 0 Å². The molecule has 5 rings (SSSR count). The number of ether oxygens (including phenoxy) is 1. The average molecular weight is 560 g/mol. The number of sulfonamides is 1. The van der Waals surface area contributed by atoms with Crippen LogP contribution in [-0.2, 0) is 14.8 Å². The van der Waals surface area contributed by atoms with Gasteiger partial charge in [-0.15, -0.1) is 16.6 Å². The summed E-state index contributed by atoms with van der Waals surface area (Å²) in [6, 6.07) is 0.968. The number of anilines is 1. The number of nitrogens with one attached hydrogen (secondary N) is 2. The van der Waals surface area contributed by atoms with Crippen molar-refractivity contribution in [3.8, 4) is 23.2 Å². The normalized spacial score (nSPS) is 21.9. The second-order valence-corrected chi connectivity index (χ2v) is 11.6. The van der Waals surface area contributed by atoms with E-state index < -0.39 is 46.6 Å². The molecule has 0 radical (unpaired) electrons. The van der Waals surface area contributed by atoms with Crippen LogP contribution in [0.2, 0.25) is 0 Å². The predicted molar refractivity (Wildman–Crippen MR) is 126 cm³/mol. The molecular weight excluding hydrogens is 538 g/mol. The first-order chi connectivity index (χ1) is 17.5. The quantitative estimate of drug-likeness (QED) is 0.334. The number of aromatic nitrogens is 4. The molecule has 3 aromatic rings. The fourth-order valence-corrected chi connectivity index (χ4v) is 6.34. The largest absolute Gasteiger partial charge is 0.377 e. The van der Waals surface area contributed by atoms with Gasteiger partial charge in [-0.3, -0.25) is 9.72 Å². The molecule has 2 saturated heterocycles. The molecule has 2 fully saturated rings. The molecule has 16 heteroatoms. The van der Waals surface area contributed by atoms with Gasteiger partial charge in [0.05, 0.1) is 36.7 Å². The summed E-state index contributed by atoms with van der Waals surface area (Å²) in [5.74, 6) is 2.71. The van der Waals surface area contributed by atoms with E-state index >= 15 is 0 Å². The lowest BCUT2D eigenvalue weighted by Crippen LogP contribution is -2.66. The number of nitrogens with zero attached hydrogens (tertiary/aromatic N) is 5. The van der Waals surface area contributed by atoms with Gasteiger partial charge in [0, 0.05) is 25.3 Å². The zero-order chi connectivity index (χ0) is 26.5. The summed E-state index contributed by atoms with van der Waals surface area (Å²) in [6.07, 6.45) is 2.43. The van der Waals surface area contributed by atoms with Crippen LogP contribution in [0.25, 0.3) is 16.3 Å². The van der Waals surface area contributed by atoms with Crippen LogP contribution >= 0.6 is 11.3 Å². The first kappa shape index (κ1) is 25.8. The number of fused-ring (bicyclic) bond motifs is 1. The van der Waals surface area contributed by atoms with Crippen LogP contribution in [0.15, 0.2) is 23.4 Å². The van der Waals surface area contributed by atoms with Crippen LogP contribution in [-0.4, -0.2) is 78.4 Å². The Morgan fingerprint density at radius 1 is 1.30 bits per heavy atom. The molecule has 0 saturated carbocycles. The van der Waals surface area contributed by atoms with E-state index in [4.69, 9.17) is 11.2 Å². The first-order valence-electron chi connectivity index (χ1n) is 11.0. The van der Waals surface area contributed by atoms with Gasteiger partial charge >= 0.3 is 0 Å². The summed E-state index contributed by atoms with van der Waals surface area (Å²) < 4.78 is 88.7. The topological polar surface area (TPSA) is 114 Å². The van der Waals surface area contributed by atoms with Gasteiger partial charge in [-0.1, -0.05) is 17.3 Å². The Labute approximate surface area is 213 Å². The zero-order valence-corrected chi connectivity index (χ0v) is 20.9. The molecule has 3 aromatic heterocycles. The molecule has 0 amide bonds. The Balaban J connectivity index is 1.66. The number of alkyl halides is 4. The van der Waals surface area contributed by atoms with Gasteiger partial charge in [-0.05, 0) is 13.0 Å². The van der Waals surface area contributed by atoms with Gasteiger partial charge < -0.3 is 9.64 Å². The lowest BCUT2D eigenvalue weighted by atomic mass is 10.0. The van der Waals surface area contributed by atoms with Crippen molar-refractivity contribution in [3.63, 3.8) is 0 Å². The number of piperazine rings is 1. The number of rotatable bonds is 7. The molecule has 10 nitrogen and oxygen atoms in total. The second-order valence-electron chi connectivity index (χ2n) is 8.89. The lowest BCUT2D eigenvalue weighted by Gasteiger charge is -2.40. The van der Waals surface area contributed by atoms with Crippen molar-refractivity contribution in [1.29, 1.82) is 0 Å². The van der Waals surface area contributed by atoms with Crippen LogP contribution in [0, 0.1) is 12.3 Å². The Kier molecular flexibility index (Phi) is 6.61. The SMILES string of the molecule is C#C[C@H]1CN(c2cc(S(=O)(=O)NC3(C(F)F)COC3)cn3c(-c4nnc(C(F)F)s4)ncc23)C[C@H](C)N1. The number of halogens is 4. The molecule has 0 aromatic carbocycles. The maximum absolute atomic E-state index is 13.7. The van der Waals surface area contributed by atoms with E-state index in [9.17, 15) is 26.0 Å². The van der Waals surface area contributed by atoms with Crippen LogP contribution < -0.4 is 14.9 Å². The summed E-state index contributed by atoms with van der Waals surface area (Å²) in [7, 11) is -4.49. The van der Waals surface area contributed by atoms with Crippen molar-refractivity contribution >= 4 is 32.6 Å². The summed E-state index contributed by atoms with van der Waals surface area (Å²) in [5, 5.41) is 10.0. The third kappa shape index (κ3) is 4.66. The molecule has 0 spiro atoms. The number of hydrogen-bond acceptors (Lipinski definition) is 9. The van der Waals surface area contributed by atoms with E-state index in [1.807, 2.05) is 11.8 Å². The Morgan fingerprint density at radius 2 is 2.05 bits per heavy atom. The van der Waals surface area contributed by atoms with Crippen LogP contribution in [0.4, 0.5) is 23.2 Å². The number of terminal acetylenes is 1. The smallest absolute Gasteiger partial charge is 0.291 e. The molecular formula is C21H21F4N7O3S2. The van der Waals surface area contributed by atoms with E-state index in [0.717, 1.165) is 0 Å². The van der Waals surface area contributed by atoms with Gasteiger partial charge in [0.25, 0.3) is 12.9 Å². The monoisotopic (exact) mass is 559 g/mol. The first-order valence-corrected chi connectivity index (χ1v) is 13.3. The van der Waals surface area contributed by atoms with Gasteiger partial charge in [0.1, 0.15) is 10.4 Å². The maximum Gasteiger partial charge on any atom is 0.291 e. The number of hydrogen-bond donors (Lipinski definition) is 2. The van der Waals surface area contributed by atoms with Crippen molar-refractivity contribution in [2.45, 2.75) is 42.3 Å². The number of imidazole rings is 1. The zero-order valence-electron chi connectivity index (χ0n) is 19.2. The fourth-order valence-electron chi connectivity index (χ4n) is 4.28. The van der Waals surface area contributed by atoms with Crippen molar-refractivity contribution in [2.24, 2.45) is 0 Å². The minimum Gasteiger partial charge on any atom is -0.377 e. The van der Waals surface area contributed by atoms with Crippen molar-refractivity contribution in [3.05, 3.63) is 23.5 Å². The minimum atomic E-state index is -4.49. The summed E-state index contributed by atoms with van der Waals surface area (Å²) >= 11 is 0.613. The molecule has 0 bridgehead atoms. The van der Waals surface area contributed by atoms with Gasteiger partial charge in [0.15, 0.2) is 15.8 Å². The summed E-state index contributed by atoms with van der Waals surface area (Å²) in [5.41, 5.74) is -1.18. The molecule has 2 aliphatic heterocycles. The fraction of sp³-hybridized carbons (Fsp3) is 0.476. The highest BCUT2D eigenvalue weighted by Crippen LogP contribution is 2.34. The van der Waals surface area contributed by atoms with E-state index in [0.29, 0.717) is 35.6 Å². The summed E-state index contributed by atoms with van der Waals surface area (Å²) in [4.78, 5) is 5.83.